The summed E-state index contributed by atoms with van der Waals surface area (Å²) in [6.45, 7) is 6.24. The highest BCUT2D eigenvalue weighted by Crippen LogP contribution is 2.29. The zero-order chi connectivity index (χ0) is 17.0. The Kier molecular flexibility index (Phi) is 6.02. The van der Waals surface area contributed by atoms with Crippen molar-refractivity contribution in [3.63, 3.8) is 0 Å². The number of carbonyl (C=O) groups excluding carboxylic acids is 2. The molecular formula is C17H23ClN2O3. The van der Waals surface area contributed by atoms with Crippen molar-refractivity contribution in [3.8, 4) is 0 Å². The number of ether oxygens (including phenoxy) is 1. The van der Waals surface area contributed by atoms with Gasteiger partial charge in [-0.3, -0.25) is 9.69 Å². The maximum absolute atomic E-state index is 12.3. The van der Waals surface area contributed by atoms with Crippen LogP contribution in [0.25, 0.3) is 0 Å². The smallest absolute Gasteiger partial charge is 0.327 e. The van der Waals surface area contributed by atoms with Crippen molar-refractivity contribution in [2.24, 2.45) is 5.92 Å². The highest BCUT2D eigenvalue weighted by atomic mass is 35.5. The Morgan fingerprint density at radius 2 is 1.74 bits per heavy atom. The molecular weight excluding hydrogens is 316 g/mol. The van der Waals surface area contributed by atoms with Crippen molar-refractivity contribution in [1.29, 1.82) is 0 Å². The molecule has 126 valence electrons. The van der Waals surface area contributed by atoms with Crippen LogP contribution in [0.1, 0.15) is 25.5 Å². The molecule has 6 heteroatoms. The third kappa shape index (κ3) is 4.03. The lowest BCUT2D eigenvalue weighted by Gasteiger charge is -2.39. The molecule has 0 saturated carbocycles. The van der Waals surface area contributed by atoms with E-state index >= 15 is 0 Å². The van der Waals surface area contributed by atoms with Crippen LogP contribution in [0.3, 0.4) is 0 Å². The fourth-order valence-electron chi connectivity index (χ4n) is 2.85. The van der Waals surface area contributed by atoms with Crippen LogP contribution in [-0.2, 0) is 14.3 Å². The molecule has 1 unspecified atom stereocenters. The number of benzene rings is 1. The summed E-state index contributed by atoms with van der Waals surface area (Å²) >= 11 is 6.26. The van der Waals surface area contributed by atoms with Crippen LogP contribution in [0, 0.1) is 5.92 Å². The molecule has 1 aromatic rings. The summed E-state index contributed by atoms with van der Waals surface area (Å²) in [5.41, 5.74) is 0.740. The minimum atomic E-state index is -0.537. The first-order chi connectivity index (χ1) is 11.0. The number of carbonyl (C=O) groups is 2. The molecule has 5 nitrogen and oxygen atoms in total. The van der Waals surface area contributed by atoms with E-state index < -0.39 is 6.04 Å². The molecule has 1 aliphatic heterocycles. The number of amides is 1. The normalized spacial score (nSPS) is 17.2. The molecule has 1 fully saturated rings. The molecule has 2 rings (SSSR count). The molecule has 1 saturated heterocycles. The highest BCUT2D eigenvalue weighted by Gasteiger charge is 2.33. The lowest BCUT2D eigenvalue weighted by atomic mass is 10.0. The van der Waals surface area contributed by atoms with Gasteiger partial charge in [0, 0.05) is 37.1 Å². The molecule has 0 radical (unpaired) electrons. The molecule has 0 aromatic heterocycles. The van der Waals surface area contributed by atoms with Gasteiger partial charge in [-0.05, 0) is 11.6 Å². The molecule has 1 aromatic carbocycles. The summed E-state index contributed by atoms with van der Waals surface area (Å²) in [5, 5.41) is 0.545. The molecule has 1 aliphatic rings. The lowest BCUT2D eigenvalue weighted by molar-refractivity contribution is -0.149. The Bertz CT molecular complexity index is 569. The molecule has 0 spiro atoms. The predicted octanol–water partition coefficient (Wildman–Crippen LogP) is 2.35. The van der Waals surface area contributed by atoms with Crippen LogP contribution in [0.15, 0.2) is 24.3 Å². The summed E-state index contributed by atoms with van der Waals surface area (Å²) in [6.07, 6.45) is 0. The van der Waals surface area contributed by atoms with E-state index in [0.717, 1.165) is 5.56 Å². The maximum Gasteiger partial charge on any atom is 0.327 e. The number of methoxy groups -OCH3 is 1. The van der Waals surface area contributed by atoms with Crippen molar-refractivity contribution < 1.29 is 14.3 Å². The van der Waals surface area contributed by atoms with Gasteiger partial charge < -0.3 is 9.64 Å². The van der Waals surface area contributed by atoms with Crippen LogP contribution < -0.4 is 0 Å². The van der Waals surface area contributed by atoms with Gasteiger partial charge >= 0.3 is 5.97 Å². The largest absolute Gasteiger partial charge is 0.468 e. The van der Waals surface area contributed by atoms with Gasteiger partial charge in [0.1, 0.15) is 6.04 Å². The van der Waals surface area contributed by atoms with Gasteiger partial charge in [0.15, 0.2) is 0 Å². The Morgan fingerprint density at radius 3 is 2.26 bits per heavy atom. The minimum absolute atomic E-state index is 0.0125. The molecule has 1 atom stereocenters. The summed E-state index contributed by atoms with van der Waals surface area (Å²) < 4.78 is 4.97. The SMILES string of the molecule is COC(=O)C(c1ccccc1Cl)N1CCN(C(=O)C(C)C)CC1. The number of nitrogens with zero attached hydrogens (tertiary/aromatic N) is 2. The van der Waals surface area contributed by atoms with Gasteiger partial charge in [-0.15, -0.1) is 0 Å². The average molecular weight is 339 g/mol. The second kappa shape index (κ2) is 7.79. The average Bonchev–Trinajstić information content (AvgIpc) is 2.56. The molecule has 1 amide bonds. The topological polar surface area (TPSA) is 49.9 Å². The summed E-state index contributed by atoms with van der Waals surface area (Å²) in [7, 11) is 1.38. The van der Waals surface area contributed by atoms with Crippen molar-refractivity contribution >= 4 is 23.5 Å². The van der Waals surface area contributed by atoms with Gasteiger partial charge in [0.25, 0.3) is 0 Å². The van der Waals surface area contributed by atoms with Crippen LogP contribution in [0.5, 0.6) is 0 Å². The first-order valence-corrected chi connectivity index (χ1v) is 8.18. The summed E-state index contributed by atoms with van der Waals surface area (Å²) in [4.78, 5) is 28.2. The van der Waals surface area contributed by atoms with E-state index in [1.807, 2.05) is 41.8 Å². The molecule has 0 N–H and O–H groups in total. The van der Waals surface area contributed by atoms with E-state index in [1.54, 1.807) is 6.07 Å². The minimum Gasteiger partial charge on any atom is -0.468 e. The van der Waals surface area contributed by atoms with E-state index in [9.17, 15) is 9.59 Å². The molecule has 0 aliphatic carbocycles. The van der Waals surface area contributed by atoms with Crippen LogP contribution in [0.2, 0.25) is 5.02 Å². The first-order valence-electron chi connectivity index (χ1n) is 7.80. The Balaban J connectivity index is 2.15. The quantitative estimate of drug-likeness (QED) is 0.791. The fourth-order valence-corrected chi connectivity index (χ4v) is 3.09. The van der Waals surface area contributed by atoms with Gasteiger partial charge in [0.2, 0.25) is 5.91 Å². The number of hydrogen-bond acceptors (Lipinski definition) is 4. The number of hydrogen-bond donors (Lipinski definition) is 0. The first kappa shape index (κ1) is 17.8. The van der Waals surface area contributed by atoms with Crippen molar-refractivity contribution in [3.05, 3.63) is 34.9 Å². The molecule has 23 heavy (non-hydrogen) atoms. The van der Waals surface area contributed by atoms with E-state index in [1.165, 1.54) is 7.11 Å². The Labute approximate surface area is 142 Å². The highest BCUT2D eigenvalue weighted by molar-refractivity contribution is 6.31. The molecule has 0 bridgehead atoms. The number of halogens is 1. The number of esters is 1. The van der Waals surface area contributed by atoms with Crippen molar-refractivity contribution in [2.45, 2.75) is 19.9 Å². The van der Waals surface area contributed by atoms with E-state index in [4.69, 9.17) is 16.3 Å². The third-order valence-corrected chi connectivity index (χ3v) is 4.45. The Morgan fingerprint density at radius 1 is 1.13 bits per heavy atom. The van der Waals surface area contributed by atoms with Gasteiger partial charge in [-0.1, -0.05) is 43.6 Å². The van der Waals surface area contributed by atoms with Crippen LogP contribution in [0.4, 0.5) is 0 Å². The second-order valence-corrected chi connectivity index (χ2v) is 6.37. The van der Waals surface area contributed by atoms with Crippen molar-refractivity contribution in [2.75, 3.05) is 33.3 Å². The number of rotatable bonds is 4. The third-order valence-electron chi connectivity index (χ3n) is 4.11. The van der Waals surface area contributed by atoms with Gasteiger partial charge in [-0.2, -0.15) is 0 Å². The van der Waals surface area contributed by atoms with Gasteiger partial charge in [-0.25, -0.2) is 4.79 Å². The summed E-state index contributed by atoms with van der Waals surface area (Å²) in [6, 6.07) is 6.76. The van der Waals surface area contributed by atoms with Crippen LogP contribution >= 0.6 is 11.6 Å². The Hall–Kier alpha value is -1.59. The second-order valence-electron chi connectivity index (χ2n) is 5.96. The van der Waals surface area contributed by atoms with Crippen LogP contribution in [-0.4, -0.2) is 55.0 Å². The summed E-state index contributed by atoms with van der Waals surface area (Å²) in [5.74, 6) is -0.194. The van der Waals surface area contributed by atoms with E-state index in [-0.39, 0.29) is 17.8 Å². The predicted molar refractivity (Wildman–Crippen MR) is 89.2 cm³/mol. The lowest BCUT2D eigenvalue weighted by Crippen LogP contribution is -2.52. The van der Waals surface area contributed by atoms with Crippen molar-refractivity contribution in [1.82, 2.24) is 9.80 Å². The zero-order valence-electron chi connectivity index (χ0n) is 13.8. The van der Waals surface area contributed by atoms with E-state index in [0.29, 0.717) is 31.2 Å². The van der Waals surface area contributed by atoms with Gasteiger partial charge in [0.05, 0.1) is 7.11 Å². The monoisotopic (exact) mass is 338 g/mol. The fraction of sp³-hybridized carbons (Fsp3) is 0.529. The number of piperazine rings is 1. The maximum atomic E-state index is 12.3. The molecule has 1 heterocycles. The zero-order valence-corrected chi connectivity index (χ0v) is 14.5. The standard InChI is InChI=1S/C17H23ClN2O3/c1-12(2)16(21)20-10-8-19(9-11-20)15(17(22)23-3)13-6-4-5-7-14(13)18/h4-7,12,15H,8-11H2,1-3H3. The van der Waals surface area contributed by atoms with E-state index in [2.05, 4.69) is 0 Å².